The molecule has 1 saturated carbocycles. The number of hydrogen-bond donors (Lipinski definition) is 1. The van der Waals surface area contributed by atoms with Crippen LogP contribution in [0.3, 0.4) is 0 Å². The van der Waals surface area contributed by atoms with Crippen molar-refractivity contribution in [2.45, 2.75) is 38.8 Å². The molecule has 3 heteroatoms. The molecule has 1 fully saturated rings. The average Bonchev–Trinajstić information content (AvgIpc) is 3.09. The molecule has 0 aliphatic heterocycles. The van der Waals surface area contributed by atoms with Crippen LogP contribution in [-0.4, -0.2) is 17.7 Å². The lowest BCUT2D eigenvalue weighted by Gasteiger charge is -2.24. The first kappa shape index (κ1) is 11.6. The van der Waals surface area contributed by atoms with Gasteiger partial charge in [0.2, 0.25) is 0 Å². The zero-order valence-electron chi connectivity index (χ0n) is 10.0. The van der Waals surface area contributed by atoms with Gasteiger partial charge in [0.05, 0.1) is 12.1 Å². The normalized spacial score (nSPS) is 19.4. The van der Waals surface area contributed by atoms with Crippen LogP contribution in [0.15, 0.2) is 18.5 Å². The summed E-state index contributed by atoms with van der Waals surface area (Å²) in [6.07, 6.45) is 6.33. The Morgan fingerprint density at radius 3 is 2.88 bits per heavy atom. The summed E-state index contributed by atoms with van der Waals surface area (Å²) in [5, 5.41) is 0. The van der Waals surface area contributed by atoms with E-state index in [4.69, 9.17) is 10.5 Å². The monoisotopic (exact) mass is 220 g/mol. The average molecular weight is 220 g/mol. The lowest BCUT2D eigenvalue weighted by atomic mass is 9.97. The highest BCUT2D eigenvalue weighted by atomic mass is 16.5. The number of hydrogen-bond acceptors (Lipinski definition) is 3. The van der Waals surface area contributed by atoms with Crippen molar-refractivity contribution in [3.05, 3.63) is 29.6 Å². The molecule has 1 aliphatic rings. The Hall–Kier alpha value is -0.930. The van der Waals surface area contributed by atoms with E-state index in [0.29, 0.717) is 5.92 Å². The highest BCUT2D eigenvalue weighted by Crippen LogP contribution is 2.39. The van der Waals surface area contributed by atoms with Crippen LogP contribution in [0.2, 0.25) is 0 Å². The number of nitrogens with zero attached hydrogens (tertiary/aromatic N) is 1. The summed E-state index contributed by atoms with van der Waals surface area (Å²) in [5.74, 6) is 0.648. The summed E-state index contributed by atoms with van der Waals surface area (Å²) in [7, 11) is 0. The molecule has 2 N–H and O–H groups in total. The summed E-state index contributed by atoms with van der Waals surface area (Å²) in [4.78, 5) is 4.15. The first-order valence-corrected chi connectivity index (χ1v) is 6.01. The van der Waals surface area contributed by atoms with Crippen molar-refractivity contribution in [1.29, 1.82) is 0 Å². The third-order valence-electron chi connectivity index (χ3n) is 3.24. The van der Waals surface area contributed by atoms with Crippen molar-refractivity contribution in [3.8, 4) is 0 Å². The second kappa shape index (κ2) is 4.93. The molecule has 16 heavy (non-hydrogen) atoms. The van der Waals surface area contributed by atoms with Gasteiger partial charge in [0, 0.05) is 19.0 Å². The van der Waals surface area contributed by atoms with Crippen LogP contribution in [0.4, 0.5) is 0 Å². The van der Waals surface area contributed by atoms with Crippen LogP contribution in [0.5, 0.6) is 0 Å². The summed E-state index contributed by atoms with van der Waals surface area (Å²) in [5.41, 5.74) is 8.62. The zero-order chi connectivity index (χ0) is 11.5. The van der Waals surface area contributed by atoms with Crippen molar-refractivity contribution in [3.63, 3.8) is 0 Å². The van der Waals surface area contributed by atoms with Gasteiger partial charge in [-0.1, -0.05) is 0 Å². The maximum absolute atomic E-state index is 6.30. The van der Waals surface area contributed by atoms with E-state index in [-0.39, 0.29) is 12.1 Å². The van der Waals surface area contributed by atoms with Crippen LogP contribution in [-0.2, 0) is 4.74 Å². The van der Waals surface area contributed by atoms with Gasteiger partial charge in [-0.05, 0) is 49.8 Å². The largest absolute Gasteiger partial charge is 0.376 e. The van der Waals surface area contributed by atoms with E-state index in [1.54, 1.807) is 6.20 Å². The van der Waals surface area contributed by atoms with E-state index in [9.17, 15) is 0 Å². The van der Waals surface area contributed by atoms with Crippen LogP contribution in [0.1, 0.15) is 36.9 Å². The second-order valence-electron chi connectivity index (χ2n) is 4.52. The predicted octanol–water partition coefficient (Wildman–Crippen LogP) is 2.20. The second-order valence-corrected chi connectivity index (χ2v) is 4.52. The Bertz CT molecular complexity index is 350. The van der Waals surface area contributed by atoms with Gasteiger partial charge in [0.25, 0.3) is 0 Å². The topological polar surface area (TPSA) is 48.1 Å². The number of pyridine rings is 1. The van der Waals surface area contributed by atoms with Gasteiger partial charge in [-0.2, -0.15) is 0 Å². The minimum Gasteiger partial charge on any atom is -0.376 e. The highest BCUT2D eigenvalue weighted by molar-refractivity contribution is 5.26. The van der Waals surface area contributed by atoms with Gasteiger partial charge in [-0.3, -0.25) is 4.98 Å². The van der Waals surface area contributed by atoms with Gasteiger partial charge in [0.1, 0.15) is 0 Å². The molecular formula is C13H20N2O. The zero-order valence-corrected chi connectivity index (χ0v) is 10.0. The van der Waals surface area contributed by atoms with Gasteiger partial charge < -0.3 is 10.5 Å². The maximum Gasteiger partial charge on any atom is 0.0796 e. The van der Waals surface area contributed by atoms with Crippen molar-refractivity contribution < 1.29 is 4.74 Å². The molecule has 1 aromatic rings. The molecule has 1 heterocycles. The van der Waals surface area contributed by atoms with Crippen molar-refractivity contribution in [2.75, 3.05) is 6.61 Å². The molecule has 3 nitrogen and oxygen atoms in total. The van der Waals surface area contributed by atoms with E-state index in [2.05, 4.69) is 11.9 Å². The fraction of sp³-hybridized carbons (Fsp3) is 0.615. The minimum atomic E-state index is -0.0406. The molecule has 2 atom stereocenters. The first-order valence-electron chi connectivity index (χ1n) is 6.01. The predicted molar refractivity (Wildman–Crippen MR) is 64.0 cm³/mol. The summed E-state index contributed by atoms with van der Waals surface area (Å²) >= 11 is 0. The molecule has 0 radical (unpaired) electrons. The Balaban J connectivity index is 2.15. The molecular weight excluding hydrogens is 200 g/mol. The fourth-order valence-electron chi connectivity index (χ4n) is 2.15. The van der Waals surface area contributed by atoms with E-state index >= 15 is 0 Å². The number of ether oxygens (including phenoxy) is 1. The van der Waals surface area contributed by atoms with Crippen molar-refractivity contribution in [2.24, 2.45) is 11.7 Å². The Labute approximate surface area is 97.0 Å². The molecule has 1 aliphatic carbocycles. The standard InChI is InChI=1S/C13H20N2O/c1-3-16-13(10-4-5-10)12(14)11-8-15-7-6-9(11)2/h6-8,10,12-13H,3-5,14H2,1-2H3. The molecule has 2 unspecified atom stereocenters. The summed E-state index contributed by atoms with van der Waals surface area (Å²) in [6.45, 7) is 4.83. The SMILES string of the molecule is CCOC(C1CC1)C(N)c1cnccc1C. The molecule has 2 rings (SSSR count). The number of aryl methyl sites for hydroxylation is 1. The molecule has 0 spiro atoms. The third-order valence-corrected chi connectivity index (χ3v) is 3.24. The van der Waals surface area contributed by atoms with E-state index in [1.165, 1.54) is 18.4 Å². The lowest BCUT2D eigenvalue weighted by molar-refractivity contribution is 0.0281. The lowest BCUT2D eigenvalue weighted by Crippen LogP contribution is -2.31. The third kappa shape index (κ3) is 2.42. The van der Waals surface area contributed by atoms with Gasteiger partial charge in [-0.15, -0.1) is 0 Å². The van der Waals surface area contributed by atoms with Gasteiger partial charge in [0.15, 0.2) is 0 Å². The highest BCUT2D eigenvalue weighted by Gasteiger charge is 2.36. The van der Waals surface area contributed by atoms with Crippen molar-refractivity contribution >= 4 is 0 Å². The fourth-order valence-corrected chi connectivity index (χ4v) is 2.15. The number of rotatable bonds is 5. The first-order chi connectivity index (χ1) is 7.74. The van der Waals surface area contributed by atoms with Crippen LogP contribution < -0.4 is 5.73 Å². The van der Waals surface area contributed by atoms with E-state index in [1.807, 2.05) is 19.2 Å². The number of aromatic nitrogens is 1. The Morgan fingerprint density at radius 2 is 2.31 bits per heavy atom. The quantitative estimate of drug-likeness (QED) is 0.827. The van der Waals surface area contributed by atoms with Crippen LogP contribution >= 0.6 is 0 Å². The molecule has 1 aromatic heterocycles. The van der Waals surface area contributed by atoms with Crippen LogP contribution in [0, 0.1) is 12.8 Å². The van der Waals surface area contributed by atoms with E-state index < -0.39 is 0 Å². The van der Waals surface area contributed by atoms with Gasteiger partial charge in [-0.25, -0.2) is 0 Å². The number of nitrogens with two attached hydrogens (primary N) is 1. The molecule has 0 saturated heterocycles. The summed E-state index contributed by atoms with van der Waals surface area (Å²) < 4.78 is 5.78. The molecule has 88 valence electrons. The smallest absolute Gasteiger partial charge is 0.0796 e. The van der Waals surface area contributed by atoms with Crippen molar-refractivity contribution in [1.82, 2.24) is 4.98 Å². The van der Waals surface area contributed by atoms with E-state index in [0.717, 1.165) is 12.2 Å². The maximum atomic E-state index is 6.30. The molecule has 0 aromatic carbocycles. The Kier molecular flexibility index (Phi) is 3.56. The van der Waals surface area contributed by atoms with Crippen LogP contribution in [0.25, 0.3) is 0 Å². The van der Waals surface area contributed by atoms with Gasteiger partial charge >= 0.3 is 0 Å². The summed E-state index contributed by atoms with van der Waals surface area (Å²) in [6, 6.07) is 1.96. The molecule has 0 bridgehead atoms. The minimum absolute atomic E-state index is 0.0406. The Morgan fingerprint density at radius 1 is 1.56 bits per heavy atom. The molecule has 0 amide bonds.